The quantitative estimate of drug-likeness (QED) is 0.907. The van der Waals surface area contributed by atoms with Crippen LogP contribution in [0, 0.1) is 11.3 Å². The molecule has 2 heterocycles. The molecule has 0 amide bonds. The molecule has 0 saturated carbocycles. The fourth-order valence-electron chi connectivity index (χ4n) is 2.99. The van der Waals surface area contributed by atoms with Crippen molar-refractivity contribution in [3.63, 3.8) is 0 Å². The molecule has 3 atom stereocenters. The van der Waals surface area contributed by atoms with Gasteiger partial charge in [-0.1, -0.05) is 18.2 Å². The molecule has 106 valence electrons. The molecular formula is C14H16N2O3S. The summed E-state index contributed by atoms with van der Waals surface area (Å²) in [4.78, 5) is 0. The van der Waals surface area contributed by atoms with Gasteiger partial charge in [-0.15, -0.1) is 0 Å². The molecule has 6 heteroatoms. The van der Waals surface area contributed by atoms with Gasteiger partial charge >= 0.3 is 0 Å². The van der Waals surface area contributed by atoms with Crippen LogP contribution in [0.25, 0.3) is 0 Å². The summed E-state index contributed by atoms with van der Waals surface area (Å²) in [6.07, 6.45) is 2.93. The van der Waals surface area contributed by atoms with Crippen LogP contribution < -0.4 is 4.72 Å². The second-order valence-electron chi connectivity index (χ2n) is 5.36. The van der Waals surface area contributed by atoms with Crippen LogP contribution in [-0.4, -0.2) is 26.7 Å². The Labute approximate surface area is 118 Å². The first-order valence-electron chi connectivity index (χ1n) is 6.71. The van der Waals surface area contributed by atoms with E-state index in [4.69, 9.17) is 10.00 Å². The summed E-state index contributed by atoms with van der Waals surface area (Å²) in [5.74, 6) is -0.162. The predicted molar refractivity (Wildman–Crippen MR) is 73.2 cm³/mol. The molecule has 0 aliphatic carbocycles. The number of ether oxygens (including phenoxy) is 1. The van der Waals surface area contributed by atoms with Crippen molar-refractivity contribution in [2.75, 3.05) is 0 Å². The van der Waals surface area contributed by atoms with Crippen LogP contribution in [-0.2, 0) is 20.5 Å². The topological polar surface area (TPSA) is 79.2 Å². The Kier molecular flexibility index (Phi) is 3.50. The van der Waals surface area contributed by atoms with Gasteiger partial charge in [-0.2, -0.15) is 5.26 Å². The van der Waals surface area contributed by atoms with Gasteiger partial charge in [0.25, 0.3) is 0 Å². The summed E-state index contributed by atoms with van der Waals surface area (Å²) in [6, 6.07) is 8.68. The molecule has 2 aliphatic heterocycles. The molecule has 2 aliphatic rings. The van der Waals surface area contributed by atoms with Crippen molar-refractivity contribution >= 4 is 10.0 Å². The van der Waals surface area contributed by atoms with E-state index in [2.05, 4.69) is 4.72 Å². The molecule has 0 radical (unpaired) electrons. The number of nitrogens with zero attached hydrogens (tertiary/aromatic N) is 1. The monoisotopic (exact) mass is 292 g/mol. The molecule has 3 unspecified atom stereocenters. The van der Waals surface area contributed by atoms with Gasteiger partial charge in [-0.3, -0.25) is 0 Å². The first kappa shape index (κ1) is 13.6. The minimum absolute atomic E-state index is 0.0148. The lowest BCUT2D eigenvalue weighted by molar-refractivity contribution is 0.0996. The number of nitrogens with one attached hydrogen (secondary N) is 1. The van der Waals surface area contributed by atoms with Crippen LogP contribution in [0.5, 0.6) is 0 Å². The van der Waals surface area contributed by atoms with Crippen molar-refractivity contribution in [2.45, 2.75) is 43.3 Å². The minimum atomic E-state index is -3.45. The Morgan fingerprint density at radius 3 is 2.80 bits per heavy atom. The van der Waals surface area contributed by atoms with Crippen molar-refractivity contribution < 1.29 is 13.2 Å². The van der Waals surface area contributed by atoms with Crippen molar-refractivity contribution in [3.8, 4) is 6.07 Å². The molecule has 0 aromatic heterocycles. The fraction of sp³-hybridized carbons (Fsp3) is 0.500. The van der Waals surface area contributed by atoms with Crippen LogP contribution in [0.4, 0.5) is 0 Å². The lowest BCUT2D eigenvalue weighted by atomic mass is 9.96. The summed E-state index contributed by atoms with van der Waals surface area (Å²) in [5.41, 5.74) is 0.939. The van der Waals surface area contributed by atoms with E-state index in [1.165, 1.54) is 0 Å². The van der Waals surface area contributed by atoms with Crippen LogP contribution >= 0.6 is 0 Å². The second kappa shape index (κ2) is 5.17. The Morgan fingerprint density at radius 2 is 2.15 bits per heavy atom. The lowest BCUT2D eigenvalue weighted by Gasteiger charge is -2.20. The van der Waals surface area contributed by atoms with Gasteiger partial charge in [0.15, 0.2) is 0 Å². The third-order valence-electron chi connectivity index (χ3n) is 3.92. The van der Waals surface area contributed by atoms with Crippen LogP contribution in [0.15, 0.2) is 24.3 Å². The van der Waals surface area contributed by atoms with Gasteiger partial charge in [0, 0.05) is 0 Å². The number of benzene rings is 1. The normalized spacial score (nSPS) is 28.4. The maximum atomic E-state index is 12.2. The van der Waals surface area contributed by atoms with Gasteiger partial charge in [0.1, 0.15) is 0 Å². The molecule has 2 bridgehead atoms. The summed E-state index contributed by atoms with van der Waals surface area (Å²) in [5, 5.41) is 9.00. The van der Waals surface area contributed by atoms with E-state index >= 15 is 0 Å². The van der Waals surface area contributed by atoms with E-state index in [1.807, 2.05) is 6.07 Å². The zero-order valence-corrected chi connectivity index (χ0v) is 11.8. The Balaban J connectivity index is 1.71. The molecule has 3 rings (SSSR count). The molecule has 0 spiro atoms. The number of hydrogen-bond acceptors (Lipinski definition) is 4. The first-order chi connectivity index (χ1) is 9.57. The molecule has 2 fully saturated rings. The smallest absolute Gasteiger partial charge is 0.216 e. The van der Waals surface area contributed by atoms with Crippen LogP contribution in [0.2, 0.25) is 0 Å². The van der Waals surface area contributed by atoms with Gasteiger partial charge in [-0.25, -0.2) is 13.1 Å². The number of rotatable bonds is 4. The Bertz CT molecular complexity index is 651. The lowest BCUT2D eigenvalue weighted by Crippen LogP contribution is -2.41. The van der Waals surface area contributed by atoms with E-state index in [9.17, 15) is 8.42 Å². The fourth-order valence-corrected chi connectivity index (χ4v) is 4.45. The van der Waals surface area contributed by atoms with Crippen molar-refractivity contribution in [1.29, 1.82) is 5.26 Å². The Hall–Kier alpha value is -1.42. The molecule has 1 aromatic rings. The van der Waals surface area contributed by atoms with Gasteiger partial charge < -0.3 is 4.74 Å². The molecule has 2 saturated heterocycles. The summed E-state index contributed by atoms with van der Waals surface area (Å²) < 4.78 is 32.8. The van der Waals surface area contributed by atoms with E-state index in [1.54, 1.807) is 24.3 Å². The number of nitriles is 1. The minimum Gasteiger partial charge on any atom is -0.373 e. The number of sulfonamides is 1. The SMILES string of the molecule is N#Cc1ccccc1CS(=O)(=O)NC1CC2CCC1O2. The summed E-state index contributed by atoms with van der Waals surface area (Å²) in [7, 11) is -3.45. The van der Waals surface area contributed by atoms with Gasteiger partial charge in [0.05, 0.1) is 35.6 Å². The van der Waals surface area contributed by atoms with Crippen molar-refractivity contribution in [3.05, 3.63) is 35.4 Å². The summed E-state index contributed by atoms with van der Waals surface area (Å²) >= 11 is 0. The highest BCUT2D eigenvalue weighted by Gasteiger charge is 2.42. The van der Waals surface area contributed by atoms with E-state index < -0.39 is 10.0 Å². The van der Waals surface area contributed by atoms with Gasteiger partial charge in [-0.05, 0) is 30.9 Å². The van der Waals surface area contributed by atoms with Crippen molar-refractivity contribution in [2.24, 2.45) is 0 Å². The van der Waals surface area contributed by atoms with Crippen LogP contribution in [0.1, 0.15) is 30.4 Å². The third-order valence-corrected chi connectivity index (χ3v) is 5.27. The average Bonchev–Trinajstić information content (AvgIpc) is 3.00. The Morgan fingerprint density at radius 1 is 1.35 bits per heavy atom. The van der Waals surface area contributed by atoms with Crippen LogP contribution in [0.3, 0.4) is 0 Å². The third kappa shape index (κ3) is 2.70. The highest BCUT2D eigenvalue weighted by Crippen LogP contribution is 2.34. The number of fused-ring (bicyclic) bond motifs is 2. The second-order valence-corrected chi connectivity index (χ2v) is 7.12. The molecular weight excluding hydrogens is 276 g/mol. The average molecular weight is 292 g/mol. The van der Waals surface area contributed by atoms with Gasteiger partial charge in [0.2, 0.25) is 10.0 Å². The standard InChI is InChI=1S/C14H16N2O3S/c15-8-10-3-1-2-4-11(10)9-20(17,18)16-13-7-12-5-6-14(13)19-12/h1-4,12-14,16H,5-7,9H2. The van der Waals surface area contributed by atoms with Crippen molar-refractivity contribution in [1.82, 2.24) is 4.72 Å². The maximum absolute atomic E-state index is 12.2. The zero-order valence-electron chi connectivity index (χ0n) is 11.0. The highest BCUT2D eigenvalue weighted by molar-refractivity contribution is 7.88. The largest absolute Gasteiger partial charge is 0.373 e. The predicted octanol–water partition coefficient (Wildman–Crippen LogP) is 1.30. The molecule has 1 N–H and O–H groups in total. The zero-order chi connectivity index (χ0) is 14.2. The van der Waals surface area contributed by atoms with E-state index in [0.717, 1.165) is 19.3 Å². The maximum Gasteiger partial charge on any atom is 0.216 e. The van der Waals surface area contributed by atoms with E-state index in [-0.39, 0.29) is 24.0 Å². The summed E-state index contributed by atoms with van der Waals surface area (Å²) in [6.45, 7) is 0. The number of hydrogen-bond donors (Lipinski definition) is 1. The molecule has 5 nitrogen and oxygen atoms in total. The highest BCUT2D eigenvalue weighted by atomic mass is 32.2. The van der Waals surface area contributed by atoms with E-state index in [0.29, 0.717) is 11.1 Å². The first-order valence-corrected chi connectivity index (χ1v) is 8.36. The molecule has 1 aromatic carbocycles. The molecule has 20 heavy (non-hydrogen) atoms.